The Hall–Kier alpha value is -3.47. The Kier molecular flexibility index (Phi) is 5.84. The van der Waals surface area contributed by atoms with Crippen molar-refractivity contribution in [1.82, 2.24) is 5.32 Å². The lowest BCUT2D eigenvalue weighted by atomic mass is 10.1. The summed E-state index contributed by atoms with van der Waals surface area (Å²) in [6.07, 6.45) is 0. The van der Waals surface area contributed by atoms with Crippen LogP contribution in [0, 0.1) is 19.7 Å². The topological polar surface area (TPSA) is 58.2 Å². The number of halogens is 1. The van der Waals surface area contributed by atoms with Crippen LogP contribution in [0.1, 0.15) is 37.4 Å². The van der Waals surface area contributed by atoms with E-state index in [2.05, 4.69) is 10.6 Å². The maximum Gasteiger partial charge on any atom is 0.255 e. The first-order valence-corrected chi connectivity index (χ1v) is 8.94. The van der Waals surface area contributed by atoms with Crippen molar-refractivity contribution >= 4 is 17.5 Å². The number of nitrogens with one attached hydrogen (secondary N) is 2. The Labute approximate surface area is 163 Å². The van der Waals surface area contributed by atoms with E-state index in [1.54, 1.807) is 36.4 Å². The van der Waals surface area contributed by atoms with Crippen LogP contribution in [0.15, 0.2) is 66.7 Å². The molecular weight excluding hydrogens is 355 g/mol. The molecule has 28 heavy (non-hydrogen) atoms. The number of rotatable bonds is 5. The molecule has 3 aromatic rings. The molecule has 3 aromatic carbocycles. The number of benzene rings is 3. The Balaban J connectivity index is 1.66. The maximum absolute atomic E-state index is 12.9. The van der Waals surface area contributed by atoms with Crippen molar-refractivity contribution < 1.29 is 14.0 Å². The van der Waals surface area contributed by atoms with Crippen LogP contribution in [0.5, 0.6) is 0 Å². The molecule has 0 unspecified atom stereocenters. The first-order valence-electron chi connectivity index (χ1n) is 8.94. The number of anilines is 1. The first-order chi connectivity index (χ1) is 13.4. The van der Waals surface area contributed by atoms with E-state index in [1.165, 1.54) is 12.1 Å². The highest BCUT2D eigenvalue weighted by molar-refractivity contribution is 6.06. The average molecular weight is 376 g/mol. The molecule has 0 aliphatic rings. The van der Waals surface area contributed by atoms with Crippen molar-refractivity contribution in [2.45, 2.75) is 20.4 Å². The Bertz CT molecular complexity index is 1010. The molecule has 2 amide bonds. The van der Waals surface area contributed by atoms with Crippen LogP contribution in [-0.4, -0.2) is 11.8 Å². The largest absolute Gasteiger partial charge is 0.348 e. The van der Waals surface area contributed by atoms with Crippen LogP contribution >= 0.6 is 0 Å². The van der Waals surface area contributed by atoms with Gasteiger partial charge in [0, 0.05) is 23.4 Å². The summed E-state index contributed by atoms with van der Waals surface area (Å²) in [4.78, 5) is 24.9. The Morgan fingerprint density at radius 2 is 1.50 bits per heavy atom. The summed E-state index contributed by atoms with van der Waals surface area (Å²) < 4.78 is 12.9. The van der Waals surface area contributed by atoms with E-state index >= 15 is 0 Å². The lowest BCUT2D eigenvalue weighted by molar-refractivity contribution is 0.0951. The van der Waals surface area contributed by atoms with Gasteiger partial charge in [0.25, 0.3) is 11.8 Å². The Morgan fingerprint density at radius 1 is 0.821 bits per heavy atom. The number of carbonyl (C=O) groups is 2. The normalized spacial score (nSPS) is 10.4. The van der Waals surface area contributed by atoms with Crippen LogP contribution in [0.25, 0.3) is 0 Å². The minimum atomic E-state index is -0.322. The molecule has 142 valence electrons. The van der Waals surface area contributed by atoms with Gasteiger partial charge < -0.3 is 10.6 Å². The van der Waals surface area contributed by atoms with Crippen molar-refractivity contribution in [3.8, 4) is 0 Å². The third-order valence-electron chi connectivity index (χ3n) is 4.52. The van der Waals surface area contributed by atoms with Gasteiger partial charge in [-0.1, -0.05) is 24.3 Å². The predicted molar refractivity (Wildman–Crippen MR) is 108 cm³/mol. The third kappa shape index (κ3) is 4.82. The van der Waals surface area contributed by atoms with Gasteiger partial charge in [0.15, 0.2) is 0 Å². The number of carbonyl (C=O) groups excluding carboxylic acids is 2. The standard InChI is InChI=1S/C23H21FN2O2/c1-15-6-11-21(12-16(15)2)26-23(28)19-5-3-4-18(13-19)22(27)25-14-17-7-9-20(24)10-8-17/h3-13H,14H2,1-2H3,(H,25,27)(H,26,28). The molecule has 0 bridgehead atoms. The fourth-order valence-electron chi connectivity index (χ4n) is 2.71. The van der Waals surface area contributed by atoms with Crippen LogP contribution in [0.2, 0.25) is 0 Å². The highest BCUT2D eigenvalue weighted by atomic mass is 19.1. The van der Waals surface area contributed by atoms with E-state index in [1.807, 2.05) is 32.0 Å². The smallest absolute Gasteiger partial charge is 0.255 e. The van der Waals surface area contributed by atoms with E-state index in [4.69, 9.17) is 0 Å². The summed E-state index contributed by atoms with van der Waals surface area (Å²) in [7, 11) is 0. The number of hydrogen-bond donors (Lipinski definition) is 2. The number of aryl methyl sites for hydroxylation is 2. The number of amides is 2. The van der Waals surface area contributed by atoms with Crippen LogP contribution in [-0.2, 0) is 6.54 Å². The second kappa shape index (κ2) is 8.48. The molecule has 0 aliphatic heterocycles. The molecule has 5 heteroatoms. The Morgan fingerprint density at radius 3 is 2.18 bits per heavy atom. The monoisotopic (exact) mass is 376 g/mol. The molecule has 0 radical (unpaired) electrons. The van der Waals surface area contributed by atoms with Gasteiger partial charge in [0.2, 0.25) is 0 Å². The predicted octanol–water partition coefficient (Wildman–Crippen LogP) is 4.62. The molecule has 0 atom stereocenters. The molecule has 0 heterocycles. The van der Waals surface area contributed by atoms with E-state index in [0.717, 1.165) is 16.7 Å². The zero-order valence-corrected chi connectivity index (χ0v) is 15.8. The van der Waals surface area contributed by atoms with Gasteiger partial charge in [0.05, 0.1) is 0 Å². The highest BCUT2D eigenvalue weighted by Gasteiger charge is 2.11. The SMILES string of the molecule is Cc1ccc(NC(=O)c2cccc(C(=O)NCc3ccc(F)cc3)c2)cc1C. The summed E-state index contributed by atoms with van der Waals surface area (Å²) >= 11 is 0. The van der Waals surface area contributed by atoms with Gasteiger partial charge >= 0.3 is 0 Å². The maximum atomic E-state index is 12.9. The summed E-state index contributed by atoms with van der Waals surface area (Å²) in [6.45, 7) is 4.27. The van der Waals surface area contributed by atoms with E-state index < -0.39 is 0 Å². The van der Waals surface area contributed by atoms with Crippen molar-refractivity contribution in [2.75, 3.05) is 5.32 Å². The van der Waals surface area contributed by atoms with Crippen molar-refractivity contribution in [3.05, 3.63) is 100 Å². The number of hydrogen-bond acceptors (Lipinski definition) is 2. The summed E-state index contributed by atoms with van der Waals surface area (Å²) in [6, 6.07) is 18.2. The van der Waals surface area contributed by atoms with E-state index in [-0.39, 0.29) is 24.2 Å². The molecule has 0 spiro atoms. The lowest BCUT2D eigenvalue weighted by Gasteiger charge is -2.09. The minimum Gasteiger partial charge on any atom is -0.348 e. The third-order valence-corrected chi connectivity index (χ3v) is 4.52. The van der Waals surface area contributed by atoms with Gasteiger partial charge in [-0.05, 0) is 73.0 Å². The van der Waals surface area contributed by atoms with Crippen molar-refractivity contribution in [3.63, 3.8) is 0 Å². The summed E-state index contributed by atoms with van der Waals surface area (Å²) in [5, 5.41) is 5.62. The van der Waals surface area contributed by atoms with Crippen molar-refractivity contribution in [2.24, 2.45) is 0 Å². The molecule has 0 saturated carbocycles. The molecule has 0 aliphatic carbocycles. The lowest BCUT2D eigenvalue weighted by Crippen LogP contribution is -2.23. The fourth-order valence-corrected chi connectivity index (χ4v) is 2.71. The van der Waals surface area contributed by atoms with Gasteiger partial charge in [-0.2, -0.15) is 0 Å². The summed E-state index contributed by atoms with van der Waals surface area (Å²) in [5.74, 6) is -0.904. The highest BCUT2D eigenvalue weighted by Crippen LogP contribution is 2.16. The zero-order chi connectivity index (χ0) is 20.1. The van der Waals surface area contributed by atoms with Gasteiger partial charge in [-0.3, -0.25) is 9.59 Å². The second-order valence-corrected chi connectivity index (χ2v) is 6.64. The van der Waals surface area contributed by atoms with Gasteiger partial charge in [0.1, 0.15) is 5.82 Å². The first kappa shape index (κ1) is 19.3. The molecule has 3 rings (SSSR count). The molecule has 0 aromatic heterocycles. The molecule has 0 saturated heterocycles. The van der Waals surface area contributed by atoms with Crippen molar-refractivity contribution in [1.29, 1.82) is 0 Å². The average Bonchev–Trinajstić information content (AvgIpc) is 2.70. The second-order valence-electron chi connectivity index (χ2n) is 6.64. The zero-order valence-electron chi connectivity index (χ0n) is 15.8. The van der Waals surface area contributed by atoms with E-state index in [9.17, 15) is 14.0 Å². The fraction of sp³-hybridized carbons (Fsp3) is 0.130. The quantitative estimate of drug-likeness (QED) is 0.682. The molecule has 4 nitrogen and oxygen atoms in total. The molecule has 2 N–H and O–H groups in total. The molecule has 0 fully saturated rings. The van der Waals surface area contributed by atoms with Crippen LogP contribution in [0.3, 0.4) is 0 Å². The van der Waals surface area contributed by atoms with Gasteiger partial charge in [-0.15, -0.1) is 0 Å². The van der Waals surface area contributed by atoms with Crippen LogP contribution < -0.4 is 10.6 Å². The summed E-state index contributed by atoms with van der Waals surface area (Å²) in [5.41, 5.74) is 4.52. The molecular formula is C23H21FN2O2. The van der Waals surface area contributed by atoms with Gasteiger partial charge in [-0.25, -0.2) is 4.39 Å². The van der Waals surface area contributed by atoms with E-state index in [0.29, 0.717) is 16.8 Å². The minimum absolute atomic E-state index is 0.276. The van der Waals surface area contributed by atoms with Crippen LogP contribution in [0.4, 0.5) is 10.1 Å².